The lowest BCUT2D eigenvalue weighted by Crippen LogP contribution is -2.53. The summed E-state index contributed by atoms with van der Waals surface area (Å²) in [6.45, 7) is 4.55. The van der Waals surface area contributed by atoms with Crippen LogP contribution < -0.4 is 5.32 Å². The van der Waals surface area contributed by atoms with Gasteiger partial charge in [-0.15, -0.1) is 0 Å². The number of nitrogens with zero attached hydrogens (tertiary/aromatic N) is 2. The molecule has 2 aromatic carbocycles. The predicted molar refractivity (Wildman–Crippen MR) is 160 cm³/mol. The highest BCUT2D eigenvalue weighted by molar-refractivity contribution is 7.89. The summed E-state index contributed by atoms with van der Waals surface area (Å²) >= 11 is 0. The average molecular weight is 628 g/mol. The van der Waals surface area contributed by atoms with Crippen molar-refractivity contribution >= 4 is 22.0 Å². The van der Waals surface area contributed by atoms with Crippen LogP contribution in [0, 0.1) is 17.8 Å². The number of sulfonamides is 1. The second kappa shape index (κ2) is 12.4. The zero-order valence-corrected chi connectivity index (χ0v) is 26.1. The van der Waals surface area contributed by atoms with Crippen molar-refractivity contribution in [3.05, 3.63) is 65.2 Å². The lowest BCUT2D eigenvalue weighted by molar-refractivity contribution is -0.153. The Labute approximate surface area is 258 Å². The zero-order chi connectivity index (χ0) is 31.2. The first-order valence-corrected chi connectivity index (χ1v) is 16.8. The number of hydrogen-bond acceptors (Lipinski definition) is 8. The van der Waals surface area contributed by atoms with Gasteiger partial charge in [0.1, 0.15) is 6.10 Å². The van der Waals surface area contributed by atoms with E-state index >= 15 is 0 Å². The maximum Gasteiger partial charge on any atom is 0.407 e. The first kappa shape index (κ1) is 31.0. The predicted octanol–water partition coefficient (Wildman–Crippen LogP) is 2.77. The molecule has 7 atom stereocenters. The van der Waals surface area contributed by atoms with Gasteiger partial charge >= 0.3 is 6.09 Å². The monoisotopic (exact) mass is 627 g/mol. The van der Waals surface area contributed by atoms with Crippen LogP contribution in [0.1, 0.15) is 48.2 Å². The van der Waals surface area contributed by atoms with Gasteiger partial charge in [-0.1, -0.05) is 50.2 Å². The number of fused-ring (bicyclic) bond motifs is 3. The third kappa shape index (κ3) is 6.23. The van der Waals surface area contributed by atoms with Gasteiger partial charge in [0, 0.05) is 44.1 Å². The van der Waals surface area contributed by atoms with Crippen LogP contribution in [0.3, 0.4) is 0 Å². The molecule has 7 unspecified atom stereocenters. The summed E-state index contributed by atoms with van der Waals surface area (Å²) in [4.78, 5) is 27.4. The first-order valence-electron chi connectivity index (χ1n) is 15.3. The van der Waals surface area contributed by atoms with Crippen molar-refractivity contribution < 1.29 is 37.3 Å². The normalized spacial score (nSPS) is 27.1. The number of carbonyl (C=O) groups excluding carboxylic acids is 2. The number of rotatable bonds is 11. The molecule has 2 saturated heterocycles. The van der Waals surface area contributed by atoms with Gasteiger partial charge in [0.25, 0.3) is 5.91 Å². The lowest BCUT2D eigenvalue weighted by atomic mass is 9.78. The van der Waals surface area contributed by atoms with Crippen molar-refractivity contribution in [2.24, 2.45) is 17.8 Å². The van der Waals surface area contributed by atoms with Crippen LogP contribution in [0.5, 0.6) is 0 Å². The minimum atomic E-state index is -4.10. The fourth-order valence-electron chi connectivity index (χ4n) is 6.93. The Bertz CT molecular complexity index is 1480. The molecule has 11 nitrogen and oxygen atoms in total. The Morgan fingerprint density at radius 3 is 2.66 bits per heavy atom. The molecule has 3 aliphatic heterocycles. The average Bonchev–Trinajstić information content (AvgIpc) is 3.45. The first-order chi connectivity index (χ1) is 21.0. The molecule has 3 heterocycles. The number of benzene rings is 2. The highest BCUT2D eigenvalue weighted by Gasteiger charge is 2.53. The SMILES string of the molecule is CC(C)CN(CC(O)C(Cc1ccccc1)NC(=O)OC1C2COC3OC1CC3C2)S(=O)(=O)c1ccc2c(c1)C(=O)N(C)C2. The topological polar surface area (TPSA) is 135 Å². The van der Waals surface area contributed by atoms with Gasteiger partial charge in [-0.2, -0.15) is 4.31 Å². The molecule has 4 aliphatic rings. The molecule has 6 rings (SSSR count). The molecular formula is C32H41N3O8S. The highest BCUT2D eigenvalue weighted by atomic mass is 32.2. The fourth-order valence-corrected chi connectivity index (χ4v) is 8.58. The van der Waals surface area contributed by atoms with E-state index in [0.29, 0.717) is 24.6 Å². The number of ether oxygens (including phenoxy) is 3. The summed E-state index contributed by atoms with van der Waals surface area (Å²) in [5, 5.41) is 14.4. The van der Waals surface area contributed by atoms with E-state index in [2.05, 4.69) is 5.32 Å². The zero-order valence-electron chi connectivity index (χ0n) is 25.3. The number of aliphatic hydroxyl groups is 1. The van der Waals surface area contributed by atoms with Crippen LogP contribution in [0.25, 0.3) is 0 Å². The van der Waals surface area contributed by atoms with Crippen molar-refractivity contribution in [1.82, 2.24) is 14.5 Å². The van der Waals surface area contributed by atoms with Crippen LogP contribution in [-0.4, -0.2) is 92.1 Å². The van der Waals surface area contributed by atoms with Crippen LogP contribution >= 0.6 is 0 Å². The third-order valence-corrected chi connectivity index (χ3v) is 10.9. The van der Waals surface area contributed by atoms with Crippen molar-refractivity contribution in [2.45, 2.75) is 75.2 Å². The van der Waals surface area contributed by atoms with Gasteiger partial charge in [0.05, 0.1) is 29.8 Å². The van der Waals surface area contributed by atoms with E-state index in [1.807, 2.05) is 44.2 Å². The molecule has 2 aromatic rings. The molecule has 1 saturated carbocycles. The number of nitrogens with one attached hydrogen (secondary N) is 1. The van der Waals surface area contributed by atoms with Gasteiger partial charge in [0.15, 0.2) is 6.29 Å². The summed E-state index contributed by atoms with van der Waals surface area (Å²) in [6.07, 6.45) is -0.952. The van der Waals surface area contributed by atoms with Gasteiger partial charge in [-0.25, -0.2) is 13.2 Å². The van der Waals surface area contributed by atoms with Crippen molar-refractivity contribution in [3.8, 4) is 0 Å². The molecule has 3 bridgehead atoms. The Morgan fingerprint density at radius 1 is 1.14 bits per heavy atom. The van der Waals surface area contributed by atoms with Crippen molar-refractivity contribution in [2.75, 3.05) is 26.7 Å². The molecule has 2 amide bonds. The van der Waals surface area contributed by atoms with E-state index < -0.39 is 34.4 Å². The molecule has 44 heavy (non-hydrogen) atoms. The summed E-state index contributed by atoms with van der Waals surface area (Å²) in [7, 11) is -2.42. The van der Waals surface area contributed by atoms with Crippen molar-refractivity contribution in [3.63, 3.8) is 0 Å². The molecule has 3 fully saturated rings. The fraction of sp³-hybridized carbons (Fsp3) is 0.562. The lowest BCUT2D eigenvalue weighted by Gasteiger charge is -2.37. The van der Waals surface area contributed by atoms with Gasteiger partial charge in [-0.05, 0) is 48.4 Å². The summed E-state index contributed by atoms with van der Waals surface area (Å²) < 4.78 is 46.8. The minimum Gasteiger partial charge on any atom is -0.443 e. The van der Waals surface area contributed by atoms with E-state index in [-0.39, 0.29) is 54.5 Å². The van der Waals surface area contributed by atoms with Crippen LogP contribution in [0.15, 0.2) is 53.4 Å². The van der Waals surface area contributed by atoms with E-state index in [9.17, 15) is 23.1 Å². The maximum absolute atomic E-state index is 14.0. The van der Waals surface area contributed by atoms with E-state index in [0.717, 1.165) is 24.0 Å². The van der Waals surface area contributed by atoms with Gasteiger partial charge in [0.2, 0.25) is 10.0 Å². The van der Waals surface area contributed by atoms with Gasteiger partial charge in [-0.3, -0.25) is 4.79 Å². The van der Waals surface area contributed by atoms with Gasteiger partial charge < -0.3 is 29.5 Å². The second-order valence-electron chi connectivity index (χ2n) is 12.9. The maximum atomic E-state index is 14.0. The molecule has 0 spiro atoms. The largest absolute Gasteiger partial charge is 0.443 e. The summed E-state index contributed by atoms with van der Waals surface area (Å²) in [5.41, 5.74) is 2.00. The number of carbonyl (C=O) groups is 2. The highest BCUT2D eigenvalue weighted by Crippen LogP contribution is 2.46. The molecule has 238 valence electrons. The molecule has 0 radical (unpaired) electrons. The second-order valence-corrected chi connectivity index (χ2v) is 14.9. The molecule has 1 aliphatic carbocycles. The smallest absolute Gasteiger partial charge is 0.407 e. The standard InChI is InChI=1S/C32H41N3O8S/c1-19(2)15-35(44(39,40)24-10-9-21-16-34(3)30(37)25(21)14-24)17-27(36)26(11-20-7-5-4-6-8-20)33-32(38)43-29-23-12-22-13-28(29)42-31(22)41-18-23/h4-10,14,19,22-23,26-29,31,36H,11-13,15-18H2,1-3H3,(H,33,38). The van der Waals surface area contributed by atoms with Crippen LogP contribution in [-0.2, 0) is 37.2 Å². The Morgan fingerprint density at radius 2 is 1.91 bits per heavy atom. The Hall–Kier alpha value is -3.03. The quantitative estimate of drug-likeness (QED) is 0.389. The minimum absolute atomic E-state index is 0.0102. The molecule has 0 aromatic heterocycles. The van der Waals surface area contributed by atoms with Crippen molar-refractivity contribution in [1.29, 1.82) is 0 Å². The number of alkyl carbamates (subject to hydrolysis) is 1. The van der Waals surface area contributed by atoms with Crippen LogP contribution in [0.2, 0.25) is 0 Å². The summed E-state index contributed by atoms with van der Waals surface area (Å²) in [6, 6.07) is 13.1. The molecular weight excluding hydrogens is 586 g/mol. The summed E-state index contributed by atoms with van der Waals surface area (Å²) in [5.74, 6) is 0.0947. The number of aliphatic hydroxyl groups excluding tert-OH is 1. The molecule has 12 heteroatoms. The number of hydrogen-bond donors (Lipinski definition) is 2. The van der Waals surface area contributed by atoms with E-state index in [1.54, 1.807) is 13.1 Å². The van der Waals surface area contributed by atoms with Crippen LogP contribution in [0.4, 0.5) is 4.79 Å². The Kier molecular flexibility index (Phi) is 8.73. The Balaban J connectivity index is 1.21. The molecule has 2 N–H and O–H groups in total. The number of amides is 2. The van der Waals surface area contributed by atoms with E-state index in [4.69, 9.17) is 14.2 Å². The van der Waals surface area contributed by atoms with E-state index in [1.165, 1.54) is 21.3 Å². The third-order valence-electron chi connectivity index (χ3n) is 9.11.